The molecule has 0 aromatic rings. The van der Waals surface area contributed by atoms with Gasteiger partial charge in [-0.15, -0.1) is 0 Å². The molecule has 0 aliphatic carbocycles. The molecule has 1 atom stereocenters. The van der Waals surface area contributed by atoms with E-state index < -0.39 is 6.43 Å². The molecule has 0 spiro atoms. The monoisotopic (exact) mass is 208 g/mol. The van der Waals surface area contributed by atoms with Crippen LogP contribution in [0.15, 0.2) is 0 Å². The van der Waals surface area contributed by atoms with Gasteiger partial charge in [-0.2, -0.15) is 0 Å². The molecule has 1 aliphatic heterocycles. The van der Waals surface area contributed by atoms with Gasteiger partial charge in [0.2, 0.25) is 0 Å². The third kappa shape index (κ3) is 3.86. The Balaban J connectivity index is 2.28. The van der Waals surface area contributed by atoms with Gasteiger partial charge in [-0.25, -0.2) is 8.78 Å². The number of ether oxygens (including phenoxy) is 1. The number of alkyl halides is 2. The highest BCUT2D eigenvalue weighted by Crippen LogP contribution is 2.18. The van der Waals surface area contributed by atoms with Gasteiger partial charge in [0.1, 0.15) is 0 Å². The van der Waals surface area contributed by atoms with Crippen molar-refractivity contribution in [2.45, 2.75) is 25.3 Å². The summed E-state index contributed by atoms with van der Waals surface area (Å²) in [6, 6.07) is 0.00731. The number of halogens is 2. The van der Waals surface area contributed by atoms with Crippen LogP contribution in [-0.2, 0) is 4.74 Å². The van der Waals surface area contributed by atoms with Crippen LogP contribution in [0.1, 0.15) is 12.8 Å². The van der Waals surface area contributed by atoms with Crippen LogP contribution in [-0.4, -0.2) is 38.8 Å². The fourth-order valence-electron chi connectivity index (χ4n) is 1.80. The minimum atomic E-state index is -2.30. The van der Waals surface area contributed by atoms with E-state index in [2.05, 4.69) is 5.32 Å². The number of nitrogens with two attached hydrogens (primary N) is 1. The highest BCUT2D eigenvalue weighted by molar-refractivity contribution is 4.79. The zero-order valence-corrected chi connectivity index (χ0v) is 8.22. The van der Waals surface area contributed by atoms with Crippen LogP contribution in [0.5, 0.6) is 0 Å². The van der Waals surface area contributed by atoms with E-state index in [0.29, 0.717) is 12.5 Å². The third-order valence-electron chi connectivity index (χ3n) is 2.62. The van der Waals surface area contributed by atoms with E-state index in [1.54, 1.807) is 0 Å². The summed E-state index contributed by atoms with van der Waals surface area (Å²) in [5.41, 5.74) is 5.54. The van der Waals surface area contributed by atoms with Crippen molar-refractivity contribution >= 4 is 0 Å². The minimum absolute atomic E-state index is 0.00731. The van der Waals surface area contributed by atoms with E-state index >= 15 is 0 Å². The second-order valence-electron chi connectivity index (χ2n) is 3.59. The second kappa shape index (κ2) is 6.27. The van der Waals surface area contributed by atoms with E-state index in [9.17, 15) is 8.78 Å². The summed E-state index contributed by atoms with van der Waals surface area (Å²) >= 11 is 0. The molecule has 14 heavy (non-hydrogen) atoms. The number of hydrogen-bond donors (Lipinski definition) is 2. The highest BCUT2D eigenvalue weighted by Gasteiger charge is 2.23. The zero-order valence-electron chi connectivity index (χ0n) is 8.22. The predicted octanol–water partition coefficient (Wildman–Crippen LogP) is 0.595. The first-order valence-electron chi connectivity index (χ1n) is 5.03. The fraction of sp³-hybridized carbons (Fsp3) is 1.00. The summed E-state index contributed by atoms with van der Waals surface area (Å²) < 4.78 is 29.1. The Kier molecular flexibility index (Phi) is 5.29. The molecule has 0 saturated carbocycles. The summed E-state index contributed by atoms with van der Waals surface area (Å²) in [6.07, 6.45) is -0.472. The van der Waals surface area contributed by atoms with Gasteiger partial charge >= 0.3 is 0 Å². The molecule has 1 saturated heterocycles. The van der Waals surface area contributed by atoms with Gasteiger partial charge in [-0.3, -0.25) is 0 Å². The molecule has 3 nitrogen and oxygen atoms in total. The van der Waals surface area contributed by atoms with Crippen LogP contribution in [0.4, 0.5) is 8.78 Å². The van der Waals surface area contributed by atoms with Crippen molar-refractivity contribution in [3.63, 3.8) is 0 Å². The van der Waals surface area contributed by atoms with E-state index in [1.165, 1.54) is 0 Å². The normalized spacial score (nSPS) is 21.4. The minimum Gasteiger partial charge on any atom is -0.381 e. The van der Waals surface area contributed by atoms with Crippen molar-refractivity contribution in [1.29, 1.82) is 0 Å². The Bertz CT molecular complexity index is 152. The quantitative estimate of drug-likeness (QED) is 0.695. The first-order valence-corrected chi connectivity index (χ1v) is 5.03. The lowest BCUT2D eigenvalue weighted by Crippen LogP contribution is -2.45. The average Bonchev–Trinajstić information content (AvgIpc) is 2.20. The molecule has 0 amide bonds. The average molecular weight is 208 g/mol. The Hall–Kier alpha value is -0.260. The van der Waals surface area contributed by atoms with Crippen molar-refractivity contribution in [2.75, 3.05) is 26.3 Å². The van der Waals surface area contributed by atoms with Gasteiger partial charge in [0.05, 0.1) is 6.54 Å². The topological polar surface area (TPSA) is 47.3 Å². The highest BCUT2D eigenvalue weighted by atomic mass is 19.3. The maximum Gasteiger partial charge on any atom is 0.250 e. The zero-order chi connectivity index (χ0) is 10.4. The number of rotatable bonds is 5. The molecule has 5 heteroatoms. The Morgan fingerprint density at radius 3 is 2.50 bits per heavy atom. The first-order chi connectivity index (χ1) is 6.74. The van der Waals surface area contributed by atoms with Crippen molar-refractivity contribution in [3.05, 3.63) is 0 Å². The summed E-state index contributed by atoms with van der Waals surface area (Å²) in [5, 5.41) is 2.81. The molecular weight excluding hydrogens is 190 g/mol. The smallest absolute Gasteiger partial charge is 0.250 e. The molecule has 3 N–H and O–H groups in total. The standard InChI is InChI=1S/C9H18F2N2O/c10-9(11)6-13-8(5-12)7-1-3-14-4-2-7/h7-9,13H,1-6,12H2. The number of hydrogen-bond acceptors (Lipinski definition) is 3. The Morgan fingerprint density at radius 2 is 2.00 bits per heavy atom. The van der Waals surface area contributed by atoms with E-state index in [4.69, 9.17) is 10.5 Å². The van der Waals surface area contributed by atoms with Crippen LogP contribution in [0, 0.1) is 5.92 Å². The largest absolute Gasteiger partial charge is 0.381 e. The van der Waals surface area contributed by atoms with E-state index in [0.717, 1.165) is 26.1 Å². The van der Waals surface area contributed by atoms with Gasteiger partial charge in [-0.1, -0.05) is 0 Å². The first kappa shape index (κ1) is 11.8. The van der Waals surface area contributed by atoms with Gasteiger partial charge in [-0.05, 0) is 18.8 Å². The van der Waals surface area contributed by atoms with E-state index in [-0.39, 0.29) is 12.6 Å². The van der Waals surface area contributed by atoms with Gasteiger partial charge < -0.3 is 15.8 Å². The summed E-state index contributed by atoms with van der Waals surface area (Å²) in [7, 11) is 0. The van der Waals surface area contributed by atoms with Crippen molar-refractivity contribution in [2.24, 2.45) is 11.7 Å². The molecule has 0 bridgehead atoms. The lowest BCUT2D eigenvalue weighted by atomic mass is 9.92. The maximum atomic E-state index is 12.0. The Morgan fingerprint density at radius 1 is 1.36 bits per heavy atom. The third-order valence-corrected chi connectivity index (χ3v) is 2.62. The molecule has 0 aromatic heterocycles. The van der Waals surface area contributed by atoms with Crippen molar-refractivity contribution in [1.82, 2.24) is 5.32 Å². The lowest BCUT2D eigenvalue weighted by molar-refractivity contribution is 0.0511. The molecule has 84 valence electrons. The van der Waals surface area contributed by atoms with Crippen molar-refractivity contribution < 1.29 is 13.5 Å². The van der Waals surface area contributed by atoms with Crippen LogP contribution in [0.2, 0.25) is 0 Å². The molecule has 0 aromatic carbocycles. The summed E-state index contributed by atoms with van der Waals surface area (Å²) in [6.45, 7) is 1.59. The van der Waals surface area contributed by atoms with Gasteiger partial charge in [0.15, 0.2) is 0 Å². The molecule has 1 fully saturated rings. The molecule has 1 unspecified atom stereocenters. The SMILES string of the molecule is NCC(NCC(F)F)C1CCOCC1. The van der Waals surface area contributed by atoms with Crippen LogP contribution in [0.3, 0.4) is 0 Å². The number of nitrogens with one attached hydrogen (secondary N) is 1. The molecule has 1 aliphatic rings. The fourth-order valence-corrected chi connectivity index (χ4v) is 1.80. The van der Waals surface area contributed by atoms with Crippen LogP contribution >= 0.6 is 0 Å². The van der Waals surface area contributed by atoms with Crippen LogP contribution in [0.25, 0.3) is 0 Å². The van der Waals surface area contributed by atoms with Gasteiger partial charge in [0.25, 0.3) is 6.43 Å². The van der Waals surface area contributed by atoms with Crippen molar-refractivity contribution in [3.8, 4) is 0 Å². The molecule has 1 rings (SSSR count). The molecular formula is C9H18F2N2O. The molecule has 0 radical (unpaired) electrons. The molecule has 1 heterocycles. The summed E-state index contributed by atoms with van der Waals surface area (Å²) in [5.74, 6) is 0.382. The Labute approximate surface area is 83.0 Å². The van der Waals surface area contributed by atoms with E-state index in [1.807, 2.05) is 0 Å². The lowest BCUT2D eigenvalue weighted by Gasteiger charge is -2.30. The van der Waals surface area contributed by atoms with Crippen LogP contribution < -0.4 is 11.1 Å². The summed E-state index contributed by atoms with van der Waals surface area (Å²) in [4.78, 5) is 0. The van der Waals surface area contributed by atoms with Gasteiger partial charge in [0, 0.05) is 25.8 Å². The second-order valence-corrected chi connectivity index (χ2v) is 3.59. The predicted molar refractivity (Wildman–Crippen MR) is 50.4 cm³/mol. The maximum absolute atomic E-state index is 12.0.